The SMILES string of the molecule is NC(N)=O.O=C(Nc1ccc(Cl)cc1)Nc1ccc([N+](=O)[O-])cc1Cl. The molecule has 0 heterocycles. The molecule has 0 spiro atoms. The van der Waals surface area contributed by atoms with Crippen LogP contribution in [0.25, 0.3) is 0 Å². The highest BCUT2D eigenvalue weighted by molar-refractivity contribution is 6.34. The maximum atomic E-state index is 11.8. The van der Waals surface area contributed by atoms with Crippen LogP contribution in [0.2, 0.25) is 10.0 Å². The molecule has 2 aromatic rings. The number of urea groups is 2. The van der Waals surface area contributed by atoms with Crippen LogP contribution in [0.5, 0.6) is 0 Å². The van der Waals surface area contributed by atoms with Crippen molar-refractivity contribution >= 4 is 52.3 Å². The van der Waals surface area contributed by atoms with Crippen molar-refractivity contribution in [3.05, 3.63) is 62.6 Å². The van der Waals surface area contributed by atoms with Gasteiger partial charge in [-0.15, -0.1) is 0 Å². The highest BCUT2D eigenvalue weighted by Gasteiger charge is 2.11. The summed E-state index contributed by atoms with van der Waals surface area (Å²) in [6.07, 6.45) is 0. The first-order chi connectivity index (χ1) is 11.7. The van der Waals surface area contributed by atoms with Crippen molar-refractivity contribution < 1.29 is 14.5 Å². The van der Waals surface area contributed by atoms with E-state index < -0.39 is 17.0 Å². The number of nitrogens with zero attached hydrogens (tertiary/aromatic N) is 1. The van der Waals surface area contributed by atoms with Gasteiger partial charge in [-0.2, -0.15) is 0 Å². The quantitative estimate of drug-likeness (QED) is 0.470. The van der Waals surface area contributed by atoms with Crippen molar-refractivity contribution in [3.63, 3.8) is 0 Å². The molecule has 0 bridgehead atoms. The van der Waals surface area contributed by atoms with Crippen molar-refractivity contribution in [2.75, 3.05) is 10.6 Å². The first-order valence-corrected chi connectivity index (χ1v) is 7.27. The van der Waals surface area contributed by atoms with Crippen LogP contribution in [-0.2, 0) is 0 Å². The number of anilines is 2. The molecule has 0 aliphatic heterocycles. The number of non-ortho nitro benzene ring substituents is 1. The lowest BCUT2D eigenvalue weighted by molar-refractivity contribution is -0.384. The predicted molar refractivity (Wildman–Crippen MR) is 96.0 cm³/mol. The number of hydrogen-bond donors (Lipinski definition) is 4. The van der Waals surface area contributed by atoms with E-state index in [1.807, 2.05) is 0 Å². The maximum Gasteiger partial charge on any atom is 0.323 e. The molecule has 0 radical (unpaired) electrons. The third kappa shape index (κ3) is 7.38. The molecule has 0 aliphatic carbocycles. The number of carbonyl (C=O) groups excluding carboxylic acids is 2. The fourth-order valence-corrected chi connectivity index (χ4v) is 1.88. The Labute approximate surface area is 152 Å². The van der Waals surface area contributed by atoms with Crippen molar-refractivity contribution in [3.8, 4) is 0 Å². The number of benzene rings is 2. The molecule has 2 rings (SSSR count). The first kappa shape index (κ1) is 20.0. The number of nitrogens with two attached hydrogens (primary N) is 2. The molecular weight excluding hydrogens is 373 g/mol. The molecule has 0 aliphatic rings. The lowest BCUT2D eigenvalue weighted by Crippen LogP contribution is -2.19. The molecular formula is C14H13Cl2N5O4. The van der Waals surface area contributed by atoms with Gasteiger partial charge in [0.2, 0.25) is 0 Å². The third-order valence-corrected chi connectivity index (χ3v) is 3.08. The second-order valence-electron chi connectivity index (χ2n) is 4.41. The molecule has 6 N–H and O–H groups in total. The highest BCUT2D eigenvalue weighted by atomic mass is 35.5. The Kier molecular flexibility index (Phi) is 7.44. The largest absolute Gasteiger partial charge is 0.352 e. The number of nitro benzene ring substituents is 1. The third-order valence-electron chi connectivity index (χ3n) is 2.51. The Bertz CT molecular complexity index is 779. The number of nitro groups is 1. The van der Waals surface area contributed by atoms with Gasteiger partial charge in [0.05, 0.1) is 15.6 Å². The summed E-state index contributed by atoms with van der Waals surface area (Å²) in [6.45, 7) is 0. The first-order valence-electron chi connectivity index (χ1n) is 6.51. The number of primary amides is 2. The Morgan fingerprint density at radius 1 is 1.00 bits per heavy atom. The molecule has 0 aromatic heterocycles. The number of hydrogen-bond acceptors (Lipinski definition) is 4. The van der Waals surface area contributed by atoms with E-state index in [1.54, 1.807) is 24.3 Å². The van der Waals surface area contributed by atoms with Crippen LogP contribution in [0.3, 0.4) is 0 Å². The minimum atomic E-state index is -0.833. The molecule has 0 saturated heterocycles. The second kappa shape index (κ2) is 9.30. The standard InChI is InChI=1S/C13H9Cl2N3O3.CH4N2O/c14-8-1-3-9(4-2-8)16-13(19)17-12-6-5-10(18(20)21)7-11(12)15;2-1(3)4/h1-7H,(H2,16,17,19);(H4,2,3,4). The lowest BCUT2D eigenvalue weighted by atomic mass is 10.3. The summed E-state index contributed by atoms with van der Waals surface area (Å²) < 4.78 is 0. The van der Waals surface area contributed by atoms with E-state index in [1.165, 1.54) is 18.2 Å². The average Bonchev–Trinajstić information content (AvgIpc) is 2.51. The van der Waals surface area contributed by atoms with Gasteiger partial charge in [-0.05, 0) is 30.3 Å². The van der Waals surface area contributed by atoms with Crippen molar-refractivity contribution in [2.24, 2.45) is 11.5 Å². The number of carbonyl (C=O) groups is 2. The van der Waals surface area contributed by atoms with Gasteiger partial charge in [-0.1, -0.05) is 23.2 Å². The minimum Gasteiger partial charge on any atom is -0.352 e. The topological polar surface area (TPSA) is 153 Å². The fourth-order valence-electron chi connectivity index (χ4n) is 1.54. The summed E-state index contributed by atoms with van der Waals surface area (Å²) in [7, 11) is 0. The van der Waals surface area contributed by atoms with E-state index >= 15 is 0 Å². The zero-order valence-corrected chi connectivity index (χ0v) is 14.0. The molecule has 4 amide bonds. The van der Waals surface area contributed by atoms with Gasteiger partial charge in [0.1, 0.15) is 0 Å². The van der Waals surface area contributed by atoms with E-state index in [0.29, 0.717) is 10.7 Å². The van der Waals surface area contributed by atoms with Gasteiger partial charge >= 0.3 is 12.1 Å². The van der Waals surface area contributed by atoms with Crippen molar-refractivity contribution in [1.29, 1.82) is 0 Å². The van der Waals surface area contributed by atoms with Gasteiger partial charge in [0.15, 0.2) is 0 Å². The van der Waals surface area contributed by atoms with Crippen LogP contribution in [0.1, 0.15) is 0 Å². The monoisotopic (exact) mass is 385 g/mol. The zero-order chi connectivity index (χ0) is 19.0. The molecule has 132 valence electrons. The van der Waals surface area contributed by atoms with Gasteiger partial charge in [-0.25, -0.2) is 9.59 Å². The molecule has 0 fully saturated rings. The highest BCUT2D eigenvalue weighted by Crippen LogP contribution is 2.26. The van der Waals surface area contributed by atoms with E-state index in [4.69, 9.17) is 28.0 Å². The summed E-state index contributed by atoms with van der Waals surface area (Å²) in [4.78, 5) is 30.8. The smallest absolute Gasteiger partial charge is 0.323 e. The molecule has 25 heavy (non-hydrogen) atoms. The van der Waals surface area contributed by atoms with Crippen LogP contribution in [0.4, 0.5) is 26.7 Å². The van der Waals surface area contributed by atoms with Crippen molar-refractivity contribution in [1.82, 2.24) is 0 Å². The molecule has 9 nitrogen and oxygen atoms in total. The number of halogens is 2. The van der Waals surface area contributed by atoms with Crippen LogP contribution in [0, 0.1) is 10.1 Å². The van der Waals surface area contributed by atoms with Crippen LogP contribution < -0.4 is 22.1 Å². The molecule has 2 aromatic carbocycles. The van der Waals surface area contributed by atoms with Crippen LogP contribution >= 0.6 is 23.2 Å². The Balaban J connectivity index is 0.000000705. The Morgan fingerprint density at radius 3 is 2.04 bits per heavy atom. The number of rotatable bonds is 3. The Hall–Kier alpha value is -3.04. The average molecular weight is 386 g/mol. The second-order valence-corrected chi connectivity index (χ2v) is 5.25. The summed E-state index contributed by atoms with van der Waals surface area (Å²) >= 11 is 11.6. The number of amides is 4. The normalized spacial score (nSPS) is 9.36. The van der Waals surface area contributed by atoms with Crippen LogP contribution in [0.15, 0.2) is 42.5 Å². The lowest BCUT2D eigenvalue weighted by Gasteiger charge is -2.09. The van der Waals surface area contributed by atoms with Gasteiger partial charge in [0, 0.05) is 22.8 Å². The van der Waals surface area contributed by atoms with E-state index in [2.05, 4.69) is 22.1 Å². The molecule has 0 saturated carbocycles. The minimum absolute atomic E-state index is 0.0791. The summed E-state index contributed by atoms with van der Waals surface area (Å²) in [5, 5.41) is 16.3. The maximum absolute atomic E-state index is 11.8. The van der Waals surface area contributed by atoms with E-state index in [9.17, 15) is 14.9 Å². The van der Waals surface area contributed by atoms with E-state index in [-0.39, 0.29) is 16.4 Å². The predicted octanol–water partition coefficient (Wildman–Crippen LogP) is 3.57. The van der Waals surface area contributed by atoms with Gasteiger partial charge < -0.3 is 22.1 Å². The summed E-state index contributed by atoms with van der Waals surface area (Å²) in [5.41, 5.74) is 9.17. The zero-order valence-electron chi connectivity index (χ0n) is 12.5. The summed E-state index contributed by atoms with van der Waals surface area (Å²) in [6, 6.07) is 8.98. The molecule has 0 atom stereocenters. The van der Waals surface area contributed by atoms with Gasteiger partial charge in [-0.3, -0.25) is 10.1 Å². The summed E-state index contributed by atoms with van der Waals surface area (Å²) in [5.74, 6) is 0. The van der Waals surface area contributed by atoms with E-state index in [0.717, 1.165) is 0 Å². The fraction of sp³-hybridized carbons (Fsp3) is 0. The van der Waals surface area contributed by atoms with Crippen LogP contribution in [-0.4, -0.2) is 17.0 Å². The number of nitrogens with one attached hydrogen (secondary N) is 2. The molecule has 0 unspecified atom stereocenters. The molecule has 11 heteroatoms. The van der Waals surface area contributed by atoms with Gasteiger partial charge in [0.25, 0.3) is 5.69 Å². The van der Waals surface area contributed by atoms with Crippen molar-refractivity contribution in [2.45, 2.75) is 0 Å². The Morgan fingerprint density at radius 2 is 1.56 bits per heavy atom.